The Morgan fingerprint density at radius 3 is 2.32 bits per heavy atom. The lowest BCUT2D eigenvalue weighted by Gasteiger charge is -2.26. The predicted molar refractivity (Wildman–Crippen MR) is 124 cm³/mol. The molecule has 4 nitrogen and oxygen atoms in total. The second-order valence-electron chi connectivity index (χ2n) is 6.66. The van der Waals surface area contributed by atoms with Gasteiger partial charge in [0.2, 0.25) is 5.91 Å². The first kappa shape index (κ1) is 21.1. The summed E-state index contributed by atoms with van der Waals surface area (Å²) < 4.78 is 0.835. The first-order chi connectivity index (χ1) is 13.3. The van der Waals surface area contributed by atoms with E-state index in [0.717, 1.165) is 15.5 Å². The van der Waals surface area contributed by atoms with Crippen LogP contribution < -0.4 is 5.32 Å². The molecule has 0 saturated carbocycles. The molecule has 1 aliphatic rings. The molecule has 28 heavy (non-hydrogen) atoms. The topological polar surface area (TPSA) is 44.7 Å². The van der Waals surface area contributed by atoms with Crippen molar-refractivity contribution in [3.8, 4) is 0 Å². The number of thiocarbonyl (C=S) groups is 1. The van der Waals surface area contributed by atoms with Gasteiger partial charge in [-0.05, 0) is 55.1 Å². The first-order valence-corrected chi connectivity index (χ1v) is 10.9. The normalized spacial score (nSPS) is 18.7. The summed E-state index contributed by atoms with van der Waals surface area (Å²) in [5, 5.41) is 10.6. The quantitative estimate of drug-likeness (QED) is 0.622. The van der Waals surface area contributed by atoms with E-state index in [1.807, 2.05) is 30.5 Å². The van der Waals surface area contributed by atoms with E-state index in [-0.39, 0.29) is 12.5 Å². The van der Waals surface area contributed by atoms with Gasteiger partial charge in [0.1, 0.15) is 6.54 Å². The summed E-state index contributed by atoms with van der Waals surface area (Å²) in [7, 11) is 0. The van der Waals surface area contributed by atoms with Crippen molar-refractivity contribution in [2.75, 3.05) is 24.7 Å². The summed E-state index contributed by atoms with van der Waals surface area (Å²) in [6.45, 7) is 2.74. The molecule has 0 aromatic heterocycles. The van der Waals surface area contributed by atoms with Crippen LogP contribution in [0.5, 0.6) is 0 Å². The van der Waals surface area contributed by atoms with Crippen LogP contribution >= 0.6 is 47.2 Å². The van der Waals surface area contributed by atoms with E-state index in [1.165, 1.54) is 11.8 Å². The minimum absolute atomic E-state index is 0.131. The summed E-state index contributed by atoms with van der Waals surface area (Å²) in [6, 6.07) is 14.5. The van der Waals surface area contributed by atoms with Gasteiger partial charge in [0.05, 0.1) is 21.9 Å². The van der Waals surface area contributed by atoms with Gasteiger partial charge < -0.3 is 5.32 Å². The Kier molecular flexibility index (Phi) is 6.65. The van der Waals surface area contributed by atoms with Gasteiger partial charge >= 0.3 is 0 Å². The fourth-order valence-electron chi connectivity index (χ4n) is 3.09. The summed E-state index contributed by atoms with van der Waals surface area (Å²) in [5.41, 5.74) is 2.05. The Morgan fingerprint density at radius 2 is 1.75 bits per heavy atom. The molecule has 0 saturated heterocycles. The number of halogens is 2. The van der Waals surface area contributed by atoms with Gasteiger partial charge in [-0.1, -0.05) is 47.6 Å². The van der Waals surface area contributed by atoms with E-state index in [4.69, 9.17) is 40.5 Å². The highest BCUT2D eigenvalue weighted by atomic mass is 35.5. The van der Waals surface area contributed by atoms with Crippen LogP contribution in [0.2, 0.25) is 10.0 Å². The molecule has 0 spiro atoms. The number of rotatable bonds is 5. The van der Waals surface area contributed by atoms with E-state index in [2.05, 4.69) is 12.2 Å². The molecule has 1 atom stereocenters. The number of carbonyl (C=O) groups is 1. The Morgan fingerprint density at radius 1 is 1.18 bits per heavy atom. The summed E-state index contributed by atoms with van der Waals surface area (Å²) >= 11 is 19.1. The molecule has 1 amide bonds. The SMILES string of the molecule is CSC(=S)C1(C)CN(CC(=O)Nc2ccc(Cl)cc2)N=C1c1ccc(Cl)cc1. The van der Waals surface area contributed by atoms with Gasteiger partial charge in [0, 0.05) is 15.7 Å². The number of hydrogen-bond donors (Lipinski definition) is 1. The van der Waals surface area contributed by atoms with Crippen molar-refractivity contribution < 1.29 is 4.79 Å². The van der Waals surface area contributed by atoms with Crippen molar-refractivity contribution in [2.24, 2.45) is 10.5 Å². The van der Waals surface area contributed by atoms with Crippen LogP contribution in [0.25, 0.3) is 0 Å². The first-order valence-electron chi connectivity index (χ1n) is 8.55. The number of nitrogens with zero attached hydrogens (tertiary/aromatic N) is 2. The molecule has 2 aromatic carbocycles. The average Bonchev–Trinajstić information content (AvgIpc) is 3.00. The zero-order valence-electron chi connectivity index (χ0n) is 15.4. The fourth-order valence-corrected chi connectivity index (χ4v) is 4.11. The van der Waals surface area contributed by atoms with E-state index < -0.39 is 5.41 Å². The van der Waals surface area contributed by atoms with Crippen molar-refractivity contribution >= 4 is 68.7 Å². The standard InChI is InChI=1S/C20H19Cl2N3OS2/c1-20(19(27)28-2)12-25(24-18(20)13-3-5-14(21)6-4-13)11-17(26)23-16-9-7-15(22)8-10-16/h3-10H,11-12H2,1-2H3,(H,23,26). The fraction of sp³-hybridized carbons (Fsp3) is 0.250. The molecular weight excluding hydrogens is 433 g/mol. The lowest BCUT2D eigenvalue weighted by Crippen LogP contribution is -2.38. The number of anilines is 1. The number of hydrogen-bond acceptors (Lipinski definition) is 5. The van der Waals surface area contributed by atoms with E-state index in [1.54, 1.807) is 29.3 Å². The molecule has 0 aliphatic carbocycles. The van der Waals surface area contributed by atoms with E-state index in [0.29, 0.717) is 22.3 Å². The minimum Gasteiger partial charge on any atom is -0.324 e. The van der Waals surface area contributed by atoms with Gasteiger partial charge in [-0.3, -0.25) is 9.80 Å². The van der Waals surface area contributed by atoms with Crippen LogP contribution in [-0.4, -0.2) is 40.2 Å². The molecule has 3 rings (SSSR count). The molecule has 8 heteroatoms. The molecular formula is C20H19Cl2N3OS2. The van der Waals surface area contributed by atoms with Crippen LogP contribution in [0.4, 0.5) is 5.69 Å². The predicted octanol–water partition coefficient (Wildman–Crippen LogP) is 5.35. The zero-order chi connectivity index (χ0) is 20.3. The van der Waals surface area contributed by atoms with Crippen molar-refractivity contribution in [1.29, 1.82) is 0 Å². The Bertz CT molecular complexity index is 916. The highest BCUT2D eigenvalue weighted by Crippen LogP contribution is 2.36. The molecule has 0 radical (unpaired) electrons. The molecule has 0 fully saturated rings. The number of hydrazone groups is 1. The van der Waals surface area contributed by atoms with E-state index >= 15 is 0 Å². The molecule has 1 unspecified atom stereocenters. The Hall–Kier alpha value is -1.60. The van der Waals surface area contributed by atoms with Gasteiger partial charge in [-0.2, -0.15) is 5.10 Å². The lowest BCUT2D eigenvalue weighted by atomic mass is 9.84. The Balaban J connectivity index is 1.79. The number of carbonyl (C=O) groups excluding carboxylic acids is 1. The molecule has 1 heterocycles. The van der Waals surface area contributed by atoms with Crippen molar-refractivity contribution in [2.45, 2.75) is 6.92 Å². The van der Waals surface area contributed by atoms with E-state index in [9.17, 15) is 4.79 Å². The minimum atomic E-state index is -0.441. The maximum Gasteiger partial charge on any atom is 0.245 e. The third-order valence-corrected chi connectivity index (χ3v) is 6.75. The highest BCUT2D eigenvalue weighted by molar-refractivity contribution is 8.22. The van der Waals surface area contributed by atoms with Crippen molar-refractivity contribution in [1.82, 2.24) is 5.01 Å². The number of nitrogens with one attached hydrogen (secondary N) is 1. The molecule has 1 N–H and O–H groups in total. The maximum atomic E-state index is 12.5. The maximum absolute atomic E-state index is 12.5. The van der Waals surface area contributed by atoms with Gasteiger partial charge in [0.25, 0.3) is 0 Å². The molecule has 2 aromatic rings. The average molecular weight is 452 g/mol. The van der Waals surface area contributed by atoms with Crippen LogP contribution in [0.1, 0.15) is 12.5 Å². The number of amides is 1. The van der Waals surface area contributed by atoms with Crippen molar-refractivity contribution in [3.05, 3.63) is 64.1 Å². The lowest BCUT2D eigenvalue weighted by molar-refractivity contribution is -0.117. The Labute approximate surface area is 184 Å². The second-order valence-corrected chi connectivity index (χ2v) is 9.01. The van der Waals surface area contributed by atoms with Crippen LogP contribution in [0, 0.1) is 5.41 Å². The van der Waals surface area contributed by atoms with Crippen molar-refractivity contribution in [3.63, 3.8) is 0 Å². The summed E-state index contributed by atoms with van der Waals surface area (Å²) in [4.78, 5) is 12.5. The van der Waals surface area contributed by atoms with Crippen LogP contribution in [-0.2, 0) is 4.79 Å². The molecule has 146 valence electrons. The highest BCUT2D eigenvalue weighted by Gasteiger charge is 2.43. The second kappa shape index (κ2) is 8.82. The molecule has 1 aliphatic heterocycles. The summed E-state index contributed by atoms with van der Waals surface area (Å²) in [5.74, 6) is -0.152. The van der Waals surface area contributed by atoms with Crippen LogP contribution in [0.15, 0.2) is 53.6 Å². The molecule has 0 bridgehead atoms. The third-order valence-electron chi connectivity index (χ3n) is 4.47. The zero-order valence-corrected chi connectivity index (χ0v) is 18.6. The monoisotopic (exact) mass is 451 g/mol. The van der Waals surface area contributed by atoms with Gasteiger partial charge in [-0.15, -0.1) is 11.8 Å². The van der Waals surface area contributed by atoms with Crippen LogP contribution in [0.3, 0.4) is 0 Å². The summed E-state index contributed by atoms with van der Waals surface area (Å²) in [6.07, 6.45) is 1.96. The van der Waals surface area contributed by atoms with Gasteiger partial charge in [0.15, 0.2) is 0 Å². The third kappa shape index (κ3) is 4.69. The number of benzene rings is 2. The van der Waals surface area contributed by atoms with Gasteiger partial charge in [-0.25, -0.2) is 0 Å². The smallest absolute Gasteiger partial charge is 0.245 e. The largest absolute Gasteiger partial charge is 0.324 e. The number of thioether (sulfide) groups is 1.